The monoisotopic (exact) mass is 617 g/mol. The fraction of sp³-hybridized carbons (Fsp3) is 0.194. The molecule has 1 aromatic heterocycles. The minimum absolute atomic E-state index is 0.242. The molecule has 0 saturated carbocycles. The van der Waals surface area contributed by atoms with Crippen molar-refractivity contribution in [1.29, 1.82) is 0 Å². The van der Waals surface area contributed by atoms with Crippen LogP contribution in [0.2, 0.25) is 0 Å². The smallest absolute Gasteiger partial charge is 0.338 e. The number of carbonyl (C=O) groups excluding carboxylic acids is 4. The first-order valence-corrected chi connectivity index (χ1v) is 15.1. The Bertz CT molecular complexity index is 1790. The Kier molecular flexibility index (Phi) is 7.72. The molecule has 0 radical (unpaired) electrons. The van der Waals surface area contributed by atoms with Crippen molar-refractivity contribution >= 4 is 58.2 Å². The number of imide groups is 1. The third-order valence-corrected chi connectivity index (χ3v) is 9.88. The lowest BCUT2D eigenvalue weighted by Gasteiger charge is -2.30. The second-order valence-corrected chi connectivity index (χ2v) is 12.0. The summed E-state index contributed by atoms with van der Waals surface area (Å²) in [4.78, 5) is 67.1. The number of fused-ring (bicyclic) bond motifs is 2. The molecule has 1 fully saturated rings. The molecule has 1 N–H and O–H groups in total. The highest BCUT2D eigenvalue weighted by atomic mass is 32.2. The second kappa shape index (κ2) is 11.6. The Labute approximate surface area is 253 Å². The van der Waals surface area contributed by atoms with Gasteiger partial charge in [0.1, 0.15) is 17.6 Å². The van der Waals surface area contributed by atoms with Crippen molar-refractivity contribution in [1.82, 2.24) is 4.57 Å². The normalized spacial score (nSPS) is 19.1. The van der Waals surface area contributed by atoms with Gasteiger partial charge in [0, 0.05) is 16.5 Å². The minimum atomic E-state index is -0.853. The largest absolute Gasteiger partial charge is 0.462 e. The lowest BCUT2D eigenvalue weighted by Crippen LogP contribution is -2.33. The standard InChI is InChI=1S/C31H24FN3O6S2/c1-2-41-30(39)18-8-12-20(13-9-18)33-22(36)16-34-29-26(43-31(34)40)23(17-6-4-3-5-7-17)24-25(42-29)28(38)35(27(24)37)21-14-10-19(32)11-15-21/h3-15,23-25H,2,16H2,1H3,(H,33,36)/t23-,24-,25+/m0/s1. The number of hydrogen-bond donors (Lipinski definition) is 1. The third kappa shape index (κ3) is 5.28. The quantitative estimate of drug-likeness (QED) is 0.237. The fourth-order valence-corrected chi connectivity index (χ4v) is 8.14. The molecule has 12 heteroatoms. The molecule has 3 heterocycles. The van der Waals surface area contributed by atoms with Crippen LogP contribution in [-0.2, 0) is 25.7 Å². The van der Waals surface area contributed by atoms with Crippen LogP contribution in [0.4, 0.5) is 15.8 Å². The minimum Gasteiger partial charge on any atom is -0.462 e. The number of ether oxygens (including phenoxy) is 1. The highest BCUT2D eigenvalue weighted by Crippen LogP contribution is 2.53. The highest BCUT2D eigenvalue weighted by Gasteiger charge is 2.56. The van der Waals surface area contributed by atoms with Crippen LogP contribution in [0.25, 0.3) is 0 Å². The van der Waals surface area contributed by atoms with Crippen molar-refractivity contribution < 1.29 is 28.3 Å². The van der Waals surface area contributed by atoms with Crippen LogP contribution in [0.1, 0.15) is 33.6 Å². The van der Waals surface area contributed by atoms with Crippen LogP contribution in [0.5, 0.6) is 0 Å². The summed E-state index contributed by atoms with van der Waals surface area (Å²) in [7, 11) is 0. The first-order valence-electron chi connectivity index (χ1n) is 13.4. The van der Waals surface area contributed by atoms with E-state index >= 15 is 0 Å². The number of hydrogen-bond acceptors (Lipinski definition) is 8. The van der Waals surface area contributed by atoms with Gasteiger partial charge >= 0.3 is 10.8 Å². The molecule has 3 amide bonds. The predicted octanol–water partition coefficient (Wildman–Crippen LogP) is 4.66. The Morgan fingerprint density at radius 3 is 2.30 bits per heavy atom. The summed E-state index contributed by atoms with van der Waals surface area (Å²) in [6, 6.07) is 20.5. The number of rotatable bonds is 7. The SMILES string of the molecule is CCOC(=O)c1ccc(NC(=O)Cn2c3c(sc2=O)[C@@H](c2ccccc2)[C@@H]2C(=O)N(c4ccc(F)cc4)C(=O)[C@@H]2S3)cc1. The lowest BCUT2D eigenvalue weighted by molar-refractivity contribution is -0.122. The molecular formula is C31H24FN3O6S2. The zero-order chi connectivity index (χ0) is 30.2. The molecular weight excluding hydrogens is 593 g/mol. The molecule has 6 rings (SSSR count). The molecule has 43 heavy (non-hydrogen) atoms. The lowest BCUT2D eigenvalue weighted by atomic mass is 9.83. The van der Waals surface area contributed by atoms with E-state index in [1.54, 1.807) is 19.1 Å². The number of thioether (sulfide) groups is 1. The van der Waals surface area contributed by atoms with Crippen molar-refractivity contribution in [2.24, 2.45) is 5.92 Å². The van der Waals surface area contributed by atoms with Crippen molar-refractivity contribution in [3.63, 3.8) is 0 Å². The van der Waals surface area contributed by atoms with E-state index in [0.717, 1.165) is 33.6 Å². The number of carbonyl (C=O) groups is 4. The summed E-state index contributed by atoms with van der Waals surface area (Å²) in [5.74, 6) is -3.72. The Balaban J connectivity index is 1.32. The van der Waals surface area contributed by atoms with Gasteiger partial charge in [0.05, 0.1) is 28.8 Å². The number of thiazole rings is 1. The van der Waals surface area contributed by atoms with E-state index in [9.17, 15) is 28.4 Å². The van der Waals surface area contributed by atoms with Gasteiger partial charge in [0.25, 0.3) is 0 Å². The molecule has 0 unspecified atom stereocenters. The predicted molar refractivity (Wildman–Crippen MR) is 160 cm³/mol. The van der Waals surface area contributed by atoms with Gasteiger partial charge in [-0.15, -0.1) is 0 Å². The molecule has 3 atom stereocenters. The van der Waals surface area contributed by atoms with Crippen molar-refractivity contribution in [2.75, 3.05) is 16.8 Å². The number of benzene rings is 3. The fourth-order valence-electron chi connectivity index (χ4n) is 5.37. The number of aromatic nitrogens is 1. The second-order valence-electron chi connectivity index (χ2n) is 9.91. The molecule has 9 nitrogen and oxygen atoms in total. The van der Waals surface area contributed by atoms with Crippen molar-refractivity contribution in [3.05, 3.63) is 110 Å². The van der Waals surface area contributed by atoms with Gasteiger partial charge in [-0.05, 0) is 61.0 Å². The molecule has 0 aliphatic carbocycles. The molecule has 4 aromatic rings. The van der Waals surface area contributed by atoms with E-state index in [2.05, 4.69) is 5.32 Å². The van der Waals surface area contributed by atoms with E-state index in [1.165, 1.54) is 41.0 Å². The molecule has 3 aromatic carbocycles. The highest BCUT2D eigenvalue weighted by molar-refractivity contribution is 8.00. The van der Waals surface area contributed by atoms with E-state index in [0.29, 0.717) is 21.2 Å². The van der Waals surface area contributed by atoms with Gasteiger partial charge in [0.2, 0.25) is 17.7 Å². The van der Waals surface area contributed by atoms with Gasteiger partial charge < -0.3 is 10.1 Å². The zero-order valence-corrected chi connectivity index (χ0v) is 24.3. The number of nitrogens with one attached hydrogen (secondary N) is 1. The van der Waals surface area contributed by atoms with Gasteiger partial charge in [-0.3, -0.25) is 23.7 Å². The van der Waals surface area contributed by atoms with Gasteiger partial charge in [0.15, 0.2) is 0 Å². The van der Waals surface area contributed by atoms with Crippen molar-refractivity contribution in [2.45, 2.75) is 29.7 Å². The molecule has 0 bridgehead atoms. The van der Waals surface area contributed by atoms with E-state index in [4.69, 9.17) is 4.74 Å². The van der Waals surface area contributed by atoms with E-state index in [1.807, 2.05) is 30.3 Å². The van der Waals surface area contributed by atoms with Crippen molar-refractivity contribution in [3.8, 4) is 0 Å². The number of anilines is 2. The van der Waals surface area contributed by atoms with Crippen LogP contribution in [0, 0.1) is 11.7 Å². The van der Waals surface area contributed by atoms with E-state index in [-0.39, 0.29) is 23.7 Å². The summed E-state index contributed by atoms with van der Waals surface area (Å²) in [6.07, 6.45) is 0. The first-order chi connectivity index (χ1) is 20.8. The molecule has 218 valence electrons. The Morgan fingerprint density at radius 1 is 0.930 bits per heavy atom. The number of esters is 1. The Morgan fingerprint density at radius 2 is 1.63 bits per heavy atom. The summed E-state index contributed by atoms with van der Waals surface area (Å²) in [6.45, 7) is 1.63. The number of amides is 3. The molecule has 2 aliphatic rings. The van der Waals surface area contributed by atoms with Crippen LogP contribution in [0.3, 0.4) is 0 Å². The van der Waals surface area contributed by atoms with Gasteiger partial charge in [-0.1, -0.05) is 53.4 Å². The van der Waals surface area contributed by atoms with E-state index < -0.39 is 46.6 Å². The summed E-state index contributed by atoms with van der Waals surface area (Å²) in [5, 5.41) is 2.34. The Hall–Kier alpha value is -4.55. The number of halogens is 1. The van der Waals surface area contributed by atoms with Gasteiger partial charge in [-0.2, -0.15) is 0 Å². The molecule has 2 aliphatic heterocycles. The first kappa shape index (κ1) is 28.6. The summed E-state index contributed by atoms with van der Waals surface area (Å²) >= 11 is 2.05. The topological polar surface area (TPSA) is 115 Å². The van der Waals surface area contributed by atoms with Crippen LogP contribution in [0.15, 0.2) is 88.7 Å². The third-order valence-electron chi connectivity index (χ3n) is 7.27. The maximum Gasteiger partial charge on any atom is 0.338 e. The average Bonchev–Trinajstić information content (AvgIpc) is 3.44. The average molecular weight is 618 g/mol. The molecule has 0 spiro atoms. The summed E-state index contributed by atoms with van der Waals surface area (Å²) in [5.41, 5.74) is 1.80. The molecule has 1 saturated heterocycles. The summed E-state index contributed by atoms with van der Waals surface area (Å²) < 4.78 is 19.9. The van der Waals surface area contributed by atoms with Crippen LogP contribution in [-0.4, -0.2) is 40.1 Å². The maximum absolute atomic E-state index is 13.8. The maximum atomic E-state index is 13.8. The number of nitrogens with zero attached hydrogens (tertiary/aromatic N) is 2. The van der Waals surface area contributed by atoms with Crippen LogP contribution < -0.4 is 15.1 Å². The van der Waals surface area contributed by atoms with Crippen LogP contribution >= 0.6 is 23.1 Å². The zero-order valence-electron chi connectivity index (χ0n) is 22.7. The van der Waals surface area contributed by atoms with Gasteiger partial charge in [-0.25, -0.2) is 14.1 Å².